The maximum Gasteiger partial charge on any atom is 0.0576 e. The molecule has 1 aliphatic rings. The number of aliphatic hydroxyl groups excluding tert-OH is 1. The summed E-state index contributed by atoms with van der Waals surface area (Å²) in [5, 5.41) is 14.6. The maximum atomic E-state index is 10.3. The summed E-state index contributed by atoms with van der Waals surface area (Å²) in [7, 11) is 1.95. The monoisotopic (exact) mass is 250 g/mol. The predicted octanol–water partition coefficient (Wildman–Crippen LogP) is 2.79. The Morgan fingerprint density at radius 3 is 2.72 bits per heavy atom. The van der Waals surface area contributed by atoms with Crippen LogP contribution >= 0.6 is 0 Å². The van der Waals surface area contributed by atoms with Crippen molar-refractivity contribution in [1.82, 2.24) is 9.78 Å². The van der Waals surface area contributed by atoms with Crippen molar-refractivity contribution in [1.29, 1.82) is 0 Å². The second-order valence-electron chi connectivity index (χ2n) is 6.78. The van der Waals surface area contributed by atoms with Crippen LogP contribution in [0.2, 0.25) is 0 Å². The van der Waals surface area contributed by atoms with Crippen LogP contribution in [0.25, 0.3) is 0 Å². The van der Waals surface area contributed by atoms with Gasteiger partial charge in [0.15, 0.2) is 0 Å². The van der Waals surface area contributed by atoms with Gasteiger partial charge in [-0.05, 0) is 42.1 Å². The summed E-state index contributed by atoms with van der Waals surface area (Å²) >= 11 is 0. The fourth-order valence-electron chi connectivity index (χ4n) is 3.48. The lowest BCUT2D eigenvalue weighted by atomic mass is 9.65. The van der Waals surface area contributed by atoms with E-state index in [9.17, 15) is 5.11 Å². The second kappa shape index (κ2) is 5.04. The van der Waals surface area contributed by atoms with Crippen molar-refractivity contribution in [2.75, 3.05) is 0 Å². The molecule has 3 atom stereocenters. The number of nitrogens with zero attached hydrogens (tertiary/aromatic N) is 2. The SMILES string of the molecule is CC1CCC(C(C)(C)Cc2cnn(C)c2)C(O)C1. The molecule has 0 aliphatic heterocycles. The van der Waals surface area contributed by atoms with Crippen LogP contribution in [0.3, 0.4) is 0 Å². The molecule has 1 fully saturated rings. The van der Waals surface area contributed by atoms with Crippen molar-refractivity contribution in [3.63, 3.8) is 0 Å². The van der Waals surface area contributed by atoms with E-state index >= 15 is 0 Å². The van der Waals surface area contributed by atoms with E-state index in [-0.39, 0.29) is 11.5 Å². The zero-order chi connectivity index (χ0) is 13.3. The van der Waals surface area contributed by atoms with Gasteiger partial charge in [-0.2, -0.15) is 5.10 Å². The molecule has 1 aromatic rings. The van der Waals surface area contributed by atoms with E-state index in [2.05, 4.69) is 32.1 Å². The Morgan fingerprint density at radius 2 is 2.17 bits per heavy atom. The molecule has 102 valence electrons. The molecule has 0 saturated heterocycles. The van der Waals surface area contributed by atoms with Gasteiger partial charge in [-0.15, -0.1) is 0 Å². The molecule has 1 saturated carbocycles. The van der Waals surface area contributed by atoms with Crippen LogP contribution in [0.1, 0.15) is 45.6 Å². The average molecular weight is 250 g/mol. The van der Waals surface area contributed by atoms with Gasteiger partial charge in [0.25, 0.3) is 0 Å². The normalized spacial score (nSPS) is 29.5. The highest BCUT2D eigenvalue weighted by Gasteiger charge is 2.38. The quantitative estimate of drug-likeness (QED) is 0.895. The summed E-state index contributed by atoms with van der Waals surface area (Å²) in [4.78, 5) is 0. The van der Waals surface area contributed by atoms with Crippen LogP contribution in [-0.2, 0) is 13.5 Å². The number of hydrogen-bond donors (Lipinski definition) is 1. The van der Waals surface area contributed by atoms with Gasteiger partial charge in [-0.1, -0.05) is 27.2 Å². The lowest BCUT2D eigenvalue weighted by molar-refractivity contribution is -0.0125. The molecule has 0 bridgehead atoms. The van der Waals surface area contributed by atoms with E-state index in [1.807, 2.05) is 17.9 Å². The number of aryl methyl sites for hydroxylation is 1. The van der Waals surface area contributed by atoms with Crippen molar-refractivity contribution in [2.45, 2.75) is 52.6 Å². The third-order valence-electron chi connectivity index (χ3n) is 4.50. The number of aliphatic hydroxyl groups is 1. The molecule has 3 heteroatoms. The molecular weight excluding hydrogens is 224 g/mol. The Hall–Kier alpha value is -0.830. The lowest BCUT2D eigenvalue weighted by Gasteiger charge is -2.42. The van der Waals surface area contributed by atoms with Gasteiger partial charge in [-0.3, -0.25) is 4.68 Å². The molecule has 18 heavy (non-hydrogen) atoms. The van der Waals surface area contributed by atoms with Gasteiger partial charge in [-0.25, -0.2) is 0 Å². The minimum absolute atomic E-state index is 0.138. The summed E-state index contributed by atoms with van der Waals surface area (Å²) in [5.74, 6) is 1.08. The van der Waals surface area contributed by atoms with Gasteiger partial charge in [0, 0.05) is 13.2 Å². The van der Waals surface area contributed by atoms with Gasteiger partial charge in [0.1, 0.15) is 0 Å². The molecular formula is C15H26N2O. The summed E-state index contributed by atoms with van der Waals surface area (Å²) in [6, 6.07) is 0. The summed E-state index contributed by atoms with van der Waals surface area (Å²) in [5.41, 5.74) is 1.41. The molecule has 0 spiro atoms. The third kappa shape index (κ3) is 2.94. The van der Waals surface area contributed by atoms with Crippen LogP contribution in [0.5, 0.6) is 0 Å². The smallest absolute Gasteiger partial charge is 0.0576 e. The van der Waals surface area contributed by atoms with Crippen molar-refractivity contribution >= 4 is 0 Å². The summed E-state index contributed by atoms with van der Waals surface area (Å²) < 4.78 is 1.85. The van der Waals surface area contributed by atoms with E-state index in [0.29, 0.717) is 11.8 Å². The van der Waals surface area contributed by atoms with Gasteiger partial charge >= 0.3 is 0 Å². The minimum atomic E-state index is -0.138. The lowest BCUT2D eigenvalue weighted by Crippen LogP contribution is -2.39. The highest BCUT2D eigenvalue weighted by Crippen LogP contribution is 2.42. The van der Waals surface area contributed by atoms with Crippen molar-refractivity contribution in [2.24, 2.45) is 24.3 Å². The fourth-order valence-corrected chi connectivity index (χ4v) is 3.48. The van der Waals surface area contributed by atoms with Gasteiger partial charge < -0.3 is 5.11 Å². The third-order valence-corrected chi connectivity index (χ3v) is 4.50. The first-order valence-electron chi connectivity index (χ1n) is 7.04. The topological polar surface area (TPSA) is 38.0 Å². The molecule has 0 amide bonds. The van der Waals surface area contributed by atoms with Crippen molar-refractivity contribution in [3.05, 3.63) is 18.0 Å². The Morgan fingerprint density at radius 1 is 1.44 bits per heavy atom. The van der Waals surface area contributed by atoms with Crippen LogP contribution in [-0.4, -0.2) is 21.0 Å². The van der Waals surface area contributed by atoms with E-state index < -0.39 is 0 Å². The highest BCUT2D eigenvalue weighted by atomic mass is 16.3. The van der Waals surface area contributed by atoms with E-state index in [1.165, 1.54) is 12.0 Å². The first-order chi connectivity index (χ1) is 8.38. The zero-order valence-corrected chi connectivity index (χ0v) is 12.1. The average Bonchev–Trinajstić information content (AvgIpc) is 2.62. The van der Waals surface area contributed by atoms with Crippen LogP contribution in [0.4, 0.5) is 0 Å². The fraction of sp³-hybridized carbons (Fsp3) is 0.800. The van der Waals surface area contributed by atoms with E-state index in [0.717, 1.165) is 19.3 Å². The van der Waals surface area contributed by atoms with Crippen LogP contribution < -0.4 is 0 Å². The van der Waals surface area contributed by atoms with Crippen molar-refractivity contribution < 1.29 is 5.11 Å². The predicted molar refractivity (Wildman–Crippen MR) is 73.2 cm³/mol. The number of aromatic nitrogens is 2. The van der Waals surface area contributed by atoms with Crippen LogP contribution in [0, 0.1) is 17.3 Å². The molecule has 0 radical (unpaired) electrons. The molecule has 1 heterocycles. The van der Waals surface area contributed by atoms with Gasteiger partial charge in [0.05, 0.1) is 12.3 Å². The Balaban J connectivity index is 2.05. The molecule has 2 rings (SSSR count). The standard InChI is InChI=1S/C15H26N2O/c1-11-5-6-13(14(18)7-11)15(2,3)8-12-9-16-17(4)10-12/h9-11,13-14,18H,5-8H2,1-4H3. The van der Waals surface area contributed by atoms with Gasteiger partial charge in [0.2, 0.25) is 0 Å². The Labute approximate surface area is 110 Å². The summed E-state index contributed by atoms with van der Waals surface area (Å²) in [6.45, 7) is 6.81. The van der Waals surface area contributed by atoms with Crippen LogP contribution in [0.15, 0.2) is 12.4 Å². The highest BCUT2D eigenvalue weighted by molar-refractivity contribution is 5.08. The first-order valence-corrected chi connectivity index (χ1v) is 7.04. The first kappa shape index (κ1) is 13.6. The molecule has 0 aromatic carbocycles. The molecule has 3 unspecified atom stereocenters. The second-order valence-corrected chi connectivity index (χ2v) is 6.78. The zero-order valence-electron chi connectivity index (χ0n) is 12.1. The minimum Gasteiger partial charge on any atom is -0.393 e. The molecule has 1 N–H and O–H groups in total. The van der Waals surface area contributed by atoms with E-state index in [1.54, 1.807) is 0 Å². The maximum absolute atomic E-state index is 10.3. The Bertz CT molecular complexity index is 397. The van der Waals surface area contributed by atoms with E-state index in [4.69, 9.17) is 0 Å². The number of hydrogen-bond acceptors (Lipinski definition) is 2. The summed E-state index contributed by atoms with van der Waals surface area (Å²) in [6.07, 6.45) is 8.24. The molecule has 1 aliphatic carbocycles. The van der Waals surface area contributed by atoms with Crippen molar-refractivity contribution in [3.8, 4) is 0 Å². The number of rotatable bonds is 3. The Kier molecular flexibility index (Phi) is 3.81. The largest absolute Gasteiger partial charge is 0.393 e. The molecule has 3 nitrogen and oxygen atoms in total. The molecule has 1 aromatic heterocycles.